The minimum Gasteiger partial charge on any atom is -0.496 e. The molecule has 0 heterocycles. The SMILES string of the molecule is COc1ccccc1C(=O)COc1ccc(Br)cc1C#N. The quantitative estimate of drug-likeness (QED) is 0.777. The van der Waals surface area contributed by atoms with Gasteiger partial charge in [0.25, 0.3) is 0 Å². The van der Waals surface area contributed by atoms with E-state index >= 15 is 0 Å². The first-order valence-corrected chi connectivity index (χ1v) is 6.93. The van der Waals surface area contributed by atoms with Crippen molar-refractivity contribution in [1.82, 2.24) is 0 Å². The lowest BCUT2D eigenvalue weighted by atomic mass is 10.1. The van der Waals surface area contributed by atoms with Gasteiger partial charge < -0.3 is 9.47 Å². The molecule has 0 atom stereocenters. The maximum atomic E-state index is 12.2. The maximum Gasteiger partial charge on any atom is 0.203 e. The summed E-state index contributed by atoms with van der Waals surface area (Å²) in [5, 5.41) is 9.05. The van der Waals surface area contributed by atoms with Gasteiger partial charge in [0.05, 0.1) is 18.2 Å². The first kappa shape index (κ1) is 15.1. The lowest BCUT2D eigenvalue weighted by Gasteiger charge is -2.09. The highest BCUT2D eigenvalue weighted by Gasteiger charge is 2.13. The average molecular weight is 346 g/mol. The van der Waals surface area contributed by atoms with Crippen molar-refractivity contribution in [3.8, 4) is 17.6 Å². The number of para-hydroxylation sites is 1. The van der Waals surface area contributed by atoms with Crippen LogP contribution in [-0.2, 0) is 0 Å². The lowest BCUT2D eigenvalue weighted by molar-refractivity contribution is 0.0918. The molecule has 0 fully saturated rings. The molecule has 21 heavy (non-hydrogen) atoms. The van der Waals surface area contributed by atoms with Crippen molar-refractivity contribution < 1.29 is 14.3 Å². The van der Waals surface area contributed by atoms with Crippen LogP contribution in [0.2, 0.25) is 0 Å². The van der Waals surface area contributed by atoms with Crippen LogP contribution in [0.1, 0.15) is 15.9 Å². The van der Waals surface area contributed by atoms with Gasteiger partial charge in [-0.3, -0.25) is 4.79 Å². The molecule has 0 aliphatic carbocycles. The van der Waals surface area contributed by atoms with Crippen molar-refractivity contribution in [2.24, 2.45) is 0 Å². The topological polar surface area (TPSA) is 59.3 Å². The molecule has 0 saturated carbocycles. The molecule has 0 aromatic heterocycles. The monoisotopic (exact) mass is 345 g/mol. The Kier molecular flexibility index (Phi) is 4.96. The van der Waals surface area contributed by atoms with Gasteiger partial charge in [0.1, 0.15) is 17.6 Å². The van der Waals surface area contributed by atoms with E-state index in [1.54, 1.807) is 42.5 Å². The third-order valence-corrected chi connectivity index (χ3v) is 3.32. The van der Waals surface area contributed by atoms with Crippen LogP contribution in [0.15, 0.2) is 46.9 Å². The number of methoxy groups -OCH3 is 1. The third-order valence-electron chi connectivity index (χ3n) is 2.83. The average Bonchev–Trinajstić information content (AvgIpc) is 2.53. The Balaban J connectivity index is 2.13. The Labute approximate surface area is 131 Å². The number of ether oxygens (including phenoxy) is 2. The second-order valence-electron chi connectivity index (χ2n) is 4.16. The number of hydrogen-bond acceptors (Lipinski definition) is 4. The second-order valence-corrected chi connectivity index (χ2v) is 5.08. The summed E-state index contributed by atoms with van der Waals surface area (Å²) in [4.78, 5) is 12.2. The molecule has 2 rings (SSSR count). The number of nitriles is 1. The zero-order chi connectivity index (χ0) is 15.2. The fourth-order valence-corrected chi connectivity index (χ4v) is 2.17. The van der Waals surface area contributed by atoms with Gasteiger partial charge in [0.2, 0.25) is 5.78 Å². The van der Waals surface area contributed by atoms with Gasteiger partial charge in [0, 0.05) is 4.47 Å². The molecule has 0 bridgehead atoms. The largest absolute Gasteiger partial charge is 0.496 e. The van der Waals surface area contributed by atoms with Gasteiger partial charge in [-0.15, -0.1) is 0 Å². The minimum absolute atomic E-state index is 0.156. The second kappa shape index (κ2) is 6.91. The molecule has 5 heteroatoms. The third kappa shape index (κ3) is 3.61. The summed E-state index contributed by atoms with van der Waals surface area (Å²) < 4.78 is 11.4. The van der Waals surface area contributed by atoms with E-state index in [1.165, 1.54) is 7.11 Å². The fraction of sp³-hybridized carbons (Fsp3) is 0.125. The standard InChI is InChI=1S/C16H12BrNO3/c1-20-16-5-3-2-4-13(16)14(19)10-21-15-7-6-12(17)8-11(15)9-18/h2-8H,10H2,1H3. The summed E-state index contributed by atoms with van der Waals surface area (Å²) in [7, 11) is 1.51. The first-order valence-electron chi connectivity index (χ1n) is 6.14. The summed E-state index contributed by atoms with van der Waals surface area (Å²) >= 11 is 3.28. The Morgan fingerprint density at radius 2 is 2.00 bits per heavy atom. The molecular formula is C16H12BrNO3. The summed E-state index contributed by atoms with van der Waals surface area (Å²) in [6.07, 6.45) is 0. The summed E-state index contributed by atoms with van der Waals surface area (Å²) in [6.45, 7) is -0.156. The number of nitrogens with zero attached hydrogens (tertiary/aromatic N) is 1. The number of hydrogen-bond donors (Lipinski definition) is 0. The minimum atomic E-state index is -0.209. The molecule has 4 nitrogen and oxygen atoms in total. The highest BCUT2D eigenvalue weighted by Crippen LogP contribution is 2.23. The van der Waals surface area contributed by atoms with E-state index in [0.717, 1.165) is 4.47 Å². The zero-order valence-corrected chi connectivity index (χ0v) is 12.9. The molecule has 0 aliphatic heterocycles. The van der Waals surface area contributed by atoms with Crippen molar-refractivity contribution in [3.63, 3.8) is 0 Å². The van der Waals surface area contributed by atoms with E-state index in [2.05, 4.69) is 15.9 Å². The van der Waals surface area contributed by atoms with Gasteiger partial charge in [0.15, 0.2) is 6.61 Å². The molecular weight excluding hydrogens is 334 g/mol. The predicted octanol–water partition coefficient (Wildman–Crippen LogP) is 3.59. The van der Waals surface area contributed by atoms with Gasteiger partial charge in [-0.25, -0.2) is 0 Å². The Morgan fingerprint density at radius 3 is 2.71 bits per heavy atom. The smallest absolute Gasteiger partial charge is 0.203 e. The lowest BCUT2D eigenvalue weighted by Crippen LogP contribution is -2.13. The summed E-state index contributed by atoms with van der Waals surface area (Å²) in [5.74, 6) is 0.672. The molecule has 0 saturated heterocycles. The fourth-order valence-electron chi connectivity index (χ4n) is 1.81. The highest BCUT2D eigenvalue weighted by atomic mass is 79.9. The highest BCUT2D eigenvalue weighted by molar-refractivity contribution is 9.10. The molecule has 2 aromatic rings. The van der Waals surface area contributed by atoms with Crippen LogP contribution in [0.3, 0.4) is 0 Å². The van der Waals surface area contributed by atoms with Crippen LogP contribution in [-0.4, -0.2) is 19.5 Å². The van der Waals surface area contributed by atoms with Crippen LogP contribution < -0.4 is 9.47 Å². The number of halogens is 1. The van der Waals surface area contributed by atoms with Crippen LogP contribution in [0.5, 0.6) is 11.5 Å². The van der Waals surface area contributed by atoms with E-state index < -0.39 is 0 Å². The van der Waals surface area contributed by atoms with Crippen LogP contribution in [0.4, 0.5) is 0 Å². The predicted molar refractivity (Wildman–Crippen MR) is 81.7 cm³/mol. The van der Waals surface area contributed by atoms with E-state index in [0.29, 0.717) is 22.6 Å². The van der Waals surface area contributed by atoms with E-state index in [-0.39, 0.29) is 12.4 Å². The molecule has 0 aliphatic rings. The van der Waals surface area contributed by atoms with Gasteiger partial charge in [-0.1, -0.05) is 28.1 Å². The van der Waals surface area contributed by atoms with Crippen molar-refractivity contribution >= 4 is 21.7 Å². The van der Waals surface area contributed by atoms with Gasteiger partial charge in [-0.2, -0.15) is 5.26 Å². The first-order chi connectivity index (χ1) is 10.2. The number of carbonyl (C=O) groups is 1. The van der Waals surface area contributed by atoms with E-state index in [1.807, 2.05) is 6.07 Å². The van der Waals surface area contributed by atoms with Crippen molar-refractivity contribution in [2.75, 3.05) is 13.7 Å². The van der Waals surface area contributed by atoms with E-state index in [4.69, 9.17) is 14.7 Å². The number of Topliss-reactive ketones (excluding diaryl/α,β-unsaturated/α-hetero) is 1. The van der Waals surface area contributed by atoms with Gasteiger partial charge >= 0.3 is 0 Å². The molecule has 106 valence electrons. The van der Waals surface area contributed by atoms with Crippen molar-refractivity contribution in [3.05, 3.63) is 58.1 Å². The van der Waals surface area contributed by atoms with Crippen molar-refractivity contribution in [1.29, 1.82) is 5.26 Å². The van der Waals surface area contributed by atoms with Crippen LogP contribution in [0, 0.1) is 11.3 Å². The van der Waals surface area contributed by atoms with Crippen molar-refractivity contribution in [2.45, 2.75) is 0 Å². The molecule has 0 spiro atoms. The number of ketones is 1. The zero-order valence-electron chi connectivity index (χ0n) is 11.3. The normalized spacial score (nSPS) is 9.76. The van der Waals surface area contributed by atoms with Gasteiger partial charge in [-0.05, 0) is 30.3 Å². The van der Waals surface area contributed by atoms with E-state index in [9.17, 15) is 4.79 Å². The van der Waals surface area contributed by atoms with Crippen LogP contribution >= 0.6 is 15.9 Å². The Bertz CT molecular complexity index is 707. The number of rotatable bonds is 5. The molecule has 0 amide bonds. The molecule has 0 radical (unpaired) electrons. The Hall–Kier alpha value is -2.32. The molecule has 0 N–H and O–H groups in total. The maximum absolute atomic E-state index is 12.2. The number of benzene rings is 2. The number of carbonyl (C=O) groups excluding carboxylic acids is 1. The Morgan fingerprint density at radius 1 is 1.24 bits per heavy atom. The molecule has 2 aromatic carbocycles. The van der Waals surface area contributed by atoms with Crippen LogP contribution in [0.25, 0.3) is 0 Å². The molecule has 0 unspecified atom stereocenters. The summed E-state index contributed by atoms with van der Waals surface area (Å²) in [5.41, 5.74) is 0.827. The summed E-state index contributed by atoms with van der Waals surface area (Å²) in [6, 6.07) is 14.0.